The summed E-state index contributed by atoms with van der Waals surface area (Å²) in [5, 5.41) is 3.52. The van der Waals surface area contributed by atoms with Gasteiger partial charge in [-0.25, -0.2) is 9.97 Å². The molecule has 1 atom stereocenters. The van der Waals surface area contributed by atoms with Gasteiger partial charge in [0.05, 0.1) is 17.4 Å². The van der Waals surface area contributed by atoms with E-state index >= 15 is 0 Å². The summed E-state index contributed by atoms with van der Waals surface area (Å²) in [5.41, 5.74) is 1.74. The van der Waals surface area contributed by atoms with Gasteiger partial charge in [0.25, 0.3) is 0 Å². The van der Waals surface area contributed by atoms with Gasteiger partial charge in [0.1, 0.15) is 11.6 Å². The van der Waals surface area contributed by atoms with Crippen molar-refractivity contribution in [1.82, 2.24) is 15.0 Å². The molecule has 2 aromatic heterocycles. The second-order valence-electron chi connectivity index (χ2n) is 5.51. The summed E-state index contributed by atoms with van der Waals surface area (Å²) in [6.45, 7) is 6.43. The van der Waals surface area contributed by atoms with Crippen LogP contribution in [0, 0.1) is 6.92 Å². The third-order valence-corrected chi connectivity index (χ3v) is 5.08. The molecule has 0 aliphatic carbocycles. The van der Waals surface area contributed by atoms with Gasteiger partial charge < -0.3 is 5.32 Å². The van der Waals surface area contributed by atoms with Crippen LogP contribution in [0.15, 0.2) is 30.5 Å². The Kier molecular flexibility index (Phi) is 3.38. The van der Waals surface area contributed by atoms with E-state index in [0.717, 1.165) is 28.8 Å². The Labute approximate surface area is 123 Å². The lowest BCUT2D eigenvalue weighted by Gasteiger charge is -2.44. The van der Waals surface area contributed by atoms with Crippen LogP contribution in [0.1, 0.15) is 19.7 Å². The van der Waals surface area contributed by atoms with Gasteiger partial charge in [-0.2, -0.15) is 11.8 Å². The first kappa shape index (κ1) is 13.4. The van der Waals surface area contributed by atoms with Gasteiger partial charge in [0.2, 0.25) is 0 Å². The van der Waals surface area contributed by atoms with Crippen LogP contribution in [0.4, 0.5) is 5.82 Å². The molecule has 1 saturated heterocycles. The van der Waals surface area contributed by atoms with Crippen molar-refractivity contribution in [2.45, 2.75) is 31.6 Å². The van der Waals surface area contributed by atoms with E-state index in [0.29, 0.717) is 6.04 Å². The largest absolute Gasteiger partial charge is 0.365 e. The summed E-state index contributed by atoms with van der Waals surface area (Å²) < 4.78 is 0.268. The second kappa shape index (κ2) is 5.05. The number of thioether (sulfide) groups is 1. The molecule has 3 rings (SSSR count). The van der Waals surface area contributed by atoms with Crippen molar-refractivity contribution in [3.8, 4) is 11.4 Å². The van der Waals surface area contributed by atoms with Crippen LogP contribution in [-0.4, -0.2) is 31.5 Å². The van der Waals surface area contributed by atoms with Crippen molar-refractivity contribution < 1.29 is 0 Å². The Morgan fingerprint density at radius 2 is 2.10 bits per heavy atom. The van der Waals surface area contributed by atoms with Crippen molar-refractivity contribution in [2.24, 2.45) is 0 Å². The van der Waals surface area contributed by atoms with E-state index in [-0.39, 0.29) is 4.75 Å². The molecular weight excluding hydrogens is 268 g/mol. The minimum Gasteiger partial charge on any atom is -0.365 e. The zero-order valence-electron chi connectivity index (χ0n) is 11.9. The van der Waals surface area contributed by atoms with Gasteiger partial charge in [-0.1, -0.05) is 6.07 Å². The fourth-order valence-electron chi connectivity index (χ4n) is 2.18. The maximum absolute atomic E-state index is 4.49. The average molecular weight is 286 g/mol. The Hall–Kier alpha value is -1.62. The molecule has 4 nitrogen and oxygen atoms in total. The van der Waals surface area contributed by atoms with E-state index in [9.17, 15) is 0 Å². The SMILES string of the molecule is Cc1nc(NC2CSC2(C)C)cc(-c2ccccn2)n1. The van der Waals surface area contributed by atoms with E-state index in [1.54, 1.807) is 6.20 Å². The van der Waals surface area contributed by atoms with Crippen LogP contribution in [0.25, 0.3) is 11.4 Å². The Morgan fingerprint density at radius 3 is 2.70 bits per heavy atom. The van der Waals surface area contributed by atoms with Crippen molar-refractivity contribution in [3.63, 3.8) is 0 Å². The maximum Gasteiger partial charge on any atom is 0.130 e. The molecule has 0 bridgehead atoms. The van der Waals surface area contributed by atoms with E-state index in [1.807, 2.05) is 43.0 Å². The fourth-order valence-corrected chi connectivity index (χ4v) is 3.32. The maximum atomic E-state index is 4.49. The molecule has 0 radical (unpaired) electrons. The molecule has 20 heavy (non-hydrogen) atoms. The molecule has 0 saturated carbocycles. The third-order valence-electron chi connectivity index (χ3n) is 3.55. The van der Waals surface area contributed by atoms with Crippen LogP contribution in [0.5, 0.6) is 0 Å². The summed E-state index contributed by atoms with van der Waals surface area (Å²) in [5.74, 6) is 2.77. The van der Waals surface area contributed by atoms with Gasteiger partial charge in [0.15, 0.2) is 0 Å². The number of anilines is 1. The first-order valence-electron chi connectivity index (χ1n) is 6.72. The number of hydrogen-bond acceptors (Lipinski definition) is 5. The van der Waals surface area contributed by atoms with Crippen LogP contribution in [0.2, 0.25) is 0 Å². The molecule has 104 valence electrons. The molecule has 1 aliphatic heterocycles. The molecule has 0 amide bonds. The van der Waals surface area contributed by atoms with Gasteiger partial charge in [-0.05, 0) is 32.9 Å². The summed E-state index contributed by atoms with van der Waals surface area (Å²) in [4.78, 5) is 13.3. The first-order chi connectivity index (χ1) is 9.54. The van der Waals surface area contributed by atoms with Crippen LogP contribution < -0.4 is 5.32 Å². The summed E-state index contributed by atoms with van der Waals surface area (Å²) in [6, 6.07) is 8.28. The Balaban J connectivity index is 1.88. The molecular formula is C15H18N4S. The van der Waals surface area contributed by atoms with Crippen LogP contribution >= 0.6 is 11.8 Å². The predicted molar refractivity (Wildman–Crippen MR) is 83.9 cm³/mol. The number of aryl methyl sites for hydroxylation is 1. The highest BCUT2D eigenvalue weighted by Gasteiger charge is 2.39. The van der Waals surface area contributed by atoms with Crippen molar-refractivity contribution in [2.75, 3.05) is 11.1 Å². The molecule has 2 aromatic rings. The molecule has 3 heterocycles. The normalized spacial score (nSPS) is 20.2. The van der Waals surface area contributed by atoms with Crippen LogP contribution in [-0.2, 0) is 0 Å². The molecule has 5 heteroatoms. The highest BCUT2D eigenvalue weighted by Crippen LogP contribution is 2.41. The van der Waals surface area contributed by atoms with E-state index in [4.69, 9.17) is 0 Å². The second-order valence-corrected chi connectivity index (χ2v) is 7.19. The zero-order valence-corrected chi connectivity index (χ0v) is 12.7. The minimum atomic E-state index is 0.268. The summed E-state index contributed by atoms with van der Waals surface area (Å²) in [6.07, 6.45) is 1.78. The highest BCUT2D eigenvalue weighted by atomic mass is 32.2. The number of pyridine rings is 1. The van der Waals surface area contributed by atoms with E-state index < -0.39 is 0 Å². The lowest BCUT2D eigenvalue weighted by atomic mass is 10.0. The number of hydrogen-bond donors (Lipinski definition) is 1. The number of aromatic nitrogens is 3. The van der Waals surface area contributed by atoms with Crippen molar-refractivity contribution in [3.05, 3.63) is 36.3 Å². The topological polar surface area (TPSA) is 50.7 Å². The quantitative estimate of drug-likeness (QED) is 0.939. The standard InChI is InChI=1S/C15H18N4S/c1-10-17-12(11-6-4-5-7-16-11)8-14(18-10)19-13-9-20-15(13,2)3/h4-8,13H,9H2,1-3H3,(H,17,18,19). The number of nitrogens with zero attached hydrogens (tertiary/aromatic N) is 3. The average Bonchev–Trinajstić information content (AvgIpc) is 2.44. The van der Waals surface area contributed by atoms with Gasteiger partial charge >= 0.3 is 0 Å². The van der Waals surface area contributed by atoms with Crippen molar-refractivity contribution >= 4 is 17.6 Å². The fraction of sp³-hybridized carbons (Fsp3) is 0.400. The Bertz CT molecular complexity index is 613. The predicted octanol–water partition coefficient (Wildman–Crippen LogP) is 3.15. The molecule has 1 N–H and O–H groups in total. The third kappa shape index (κ3) is 2.63. The molecule has 1 unspecified atom stereocenters. The van der Waals surface area contributed by atoms with Crippen molar-refractivity contribution in [1.29, 1.82) is 0 Å². The molecule has 0 spiro atoms. The van der Waals surface area contributed by atoms with Crippen LogP contribution in [0.3, 0.4) is 0 Å². The highest BCUT2D eigenvalue weighted by molar-refractivity contribution is 8.02. The molecule has 0 aromatic carbocycles. The smallest absolute Gasteiger partial charge is 0.130 e. The zero-order chi connectivity index (χ0) is 14.2. The first-order valence-corrected chi connectivity index (χ1v) is 7.71. The lowest BCUT2D eigenvalue weighted by molar-refractivity contribution is 0.574. The Morgan fingerprint density at radius 1 is 1.25 bits per heavy atom. The van der Waals surface area contributed by atoms with Gasteiger partial charge in [-0.15, -0.1) is 0 Å². The van der Waals surface area contributed by atoms with E-state index in [2.05, 4.69) is 34.1 Å². The molecule has 1 aliphatic rings. The summed E-state index contributed by atoms with van der Waals surface area (Å²) >= 11 is 1.98. The summed E-state index contributed by atoms with van der Waals surface area (Å²) in [7, 11) is 0. The van der Waals surface area contributed by atoms with Gasteiger partial charge in [-0.3, -0.25) is 4.98 Å². The monoisotopic (exact) mass is 286 g/mol. The minimum absolute atomic E-state index is 0.268. The van der Waals surface area contributed by atoms with Gasteiger partial charge in [0, 0.05) is 22.8 Å². The number of rotatable bonds is 3. The lowest BCUT2D eigenvalue weighted by Crippen LogP contribution is -2.50. The number of nitrogens with one attached hydrogen (secondary N) is 1. The molecule has 1 fully saturated rings. The van der Waals surface area contributed by atoms with E-state index in [1.165, 1.54) is 0 Å².